The number of aromatic carboxylic acids is 1. The van der Waals surface area contributed by atoms with Gasteiger partial charge >= 0.3 is 12.1 Å². The van der Waals surface area contributed by atoms with Crippen LogP contribution in [0.15, 0.2) is 36.7 Å². The molecule has 18 heavy (non-hydrogen) atoms. The van der Waals surface area contributed by atoms with E-state index in [9.17, 15) is 18.0 Å². The highest BCUT2D eigenvalue weighted by atomic mass is 19.4. The van der Waals surface area contributed by atoms with Crippen LogP contribution in [0, 0.1) is 0 Å². The first-order valence-corrected chi connectivity index (χ1v) is 4.84. The number of alkyl halides is 3. The van der Waals surface area contributed by atoms with Crippen molar-refractivity contribution in [2.24, 2.45) is 0 Å². The number of carbonyl (C=O) groups is 1. The van der Waals surface area contributed by atoms with Crippen LogP contribution in [0.1, 0.15) is 16.1 Å². The van der Waals surface area contributed by atoms with Crippen molar-refractivity contribution in [2.75, 3.05) is 0 Å². The van der Waals surface area contributed by atoms with Gasteiger partial charge in [0.1, 0.15) is 11.3 Å². The van der Waals surface area contributed by atoms with Gasteiger partial charge < -0.3 is 9.67 Å². The van der Waals surface area contributed by atoms with E-state index in [1.54, 1.807) is 12.1 Å². The van der Waals surface area contributed by atoms with E-state index < -0.39 is 17.8 Å². The molecular formula is C11H7F3N2O2. The first-order valence-electron chi connectivity index (χ1n) is 4.84. The van der Waals surface area contributed by atoms with Gasteiger partial charge in [0.2, 0.25) is 0 Å². The van der Waals surface area contributed by atoms with Gasteiger partial charge in [-0.05, 0) is 24.3 Å². The first kappa shape index (κ1) is 12.2. The van der Waals surface area contributed by atoms with Crippen molar-refractivity contribution in [1.29, 1.82) is 0 Å². The summed E-state index contributed by atoms with van der Waals surface area (Å²) in [5.41, 5.74) is -1.42. The van der Waals surface area contributed by atoms with Gasteiger partial charge in [0, 0.05) is 12.4 Å². The summed E-state index contributed by atoms with van der Waals surface area (Å²) in [5.74, 6) is -1.60. The van der Waals surface area contributed by atoms with Crippen molar-refractivity contribution < 1.29 is 23.1 Å². The van der Waals surface area contributed by atoms with Crippen molar-refractivity contribution in [3.05, 3.63) is 47.9 Å². The van der Waals surface area contributed by atoms with Crippen molar-refractivity contribution in [1.82, 2.24) is 9.55 Å². The summed E-state index contributed by atoms with van der Waals surface area (Å²) < 4.78 is 38.8. The third-order valence-electron chi connectivity index (χ3n) is 2.24. The maximum Gasteiger partial charge on any atom is 0.433 e. The van der Waals surface area contributed by atoms with Gasteiger partial charge in [0.05, 0.1) is 0 Å². The molecule has 0 bridgehead atoms. The van der Waals surface area contributed by atoms with Gasteiger partial charge in [0.15, 0.2) is 5.82 Å². The normalized spacial score (nSPS) is 11.5. The Morgan fingerprint density at radius 1 is 1.22 bits per heavy atom. The van der Waals surface area contributed by atoms with Crippen molar-refractivity contribution >= 4 is 5.97 Å². The maximum absolute atomic E-state index is 12.5. The zero-order chi connectivity index (χ0) is 13.3. The number of aromatic nitrogens is 2. The number of halogens is 3. The molecule has 0 spiro atoms. The van der Waals surface area contributed by atoms with Crippen LogP contribution in [0.3, 0.4) is 0 Å². The maximum atomic E-state index is 12.5. The molecule has 0 amide bonds. The third-order valence-corrected chi connectivity index (χ3v) is 2.24. The molecule has 94 valence electrons. The first-order chi connectivity index (χ1) is 8.39. The molecule has 1 N–H and O–H groups in total. The Bertz CT molecular complexity index is 576. The second kappa shape index (κ2) is 4.17. The van der Waals surface area contributed by atoms with Crippen LogP contribution in [0.4, 0.5) is 13.2 Å². The molecule has 4 nitrogen and oxygen atoms in total. The van der Waals surface area contributed by atoms with Gasteiger partial charge in [0.25, 0.3) is 0 Å². The fourth-order valence-corrected chi connectivity index (χ4v) is 1.45. The minimum Gasteiger partial charge on any atom is -0.478 e. The van der Waals surface area contributed by atoms with E-state index in [1.807, 2.05) is 0 Å². The Hall–Kier alpha value is -2.31. The molecule has 7 heteroatoms. The lowest BCUT2D eigenvalue weighted by Crippen LogP contribution is -2.13. The third kappa shape index (κ3) is 2.20. The standard InChI is InChI=1S/C11H7F3N2O2/c12-11(13,14)8-4-3-7(10(17)18)9(15-8)16-5-1-2-6-16/h1-6H,(H,17,18). The van der Waals surface area contributed by atoms with Crippen LogP contribution in [-0.4, -0.2) is 20.6 Å². The van der Waals surface area contributed by atoms with Gasteiger partial charge in [-0.1, -0.05) is 0 Å². The average Bonchev–Trinajstić information content (AvgIpc) is 2.80. The van der Waals surface area contributed by atoms with Crippen LogP contribution >= 0.6 is 0 Å². The average molecular weight is 256 g/mol. The zero-order valence-electron chi connectivity index (χ0n) is 8.85. The van der Waals surface area contributed by atoms with E-state index in [2.05, 4.69) is 4.98 Å². The zero-order valence-corrected chi connectivity index (χ0v) is 8.85. The molecular weight excluding hydrogens is 249 g/mol. The smallest absolute Gasteiger partial charge is 0.433 e. The van der Waals surface area contributed by atoms with Crippen LogP contribution in [-0.2, 0) is 6.18 Å². The van der Waals surface area contributed by atoms with E-state index in [0.717, 1.165) is 6.07 Å². The summed E-state index contributed by atoms with van der Waals surface area (Å²) >= 11 is 0. The molecule has 2 rings (SSSR count). The predicted molar refractivity (Wildman–Crippen MR) is 55.5 cm³/mol. The van der Waals surface area contributed by atoms with Crippen molar-refractivity contribution in [2.45, 2.75) is 6.18 Å². The molecule has 0 radical (unpaired) electrons. The molecule has 0 saturated heterocycles. The molecule has 0 unspecified atom stereocenters. The molecule has 2 heterocycles. The van der Waals surface area contributed by atoms with Gasteiger partial charge in [-0.3, -0.25) is 0 Å². The Balaban J connectivity index is 2.63. The van der Waals surface area contributed by atoms with E-state index in [0.29, 0.717) is 6.07 Å². The van der Waals surface area contributed by atoms with Crippen molar-refractivity contribution in [3.8, 4) is 5.82 Å². The molecule has 0 atom stereocenters. The van der Waals surface area contributed by atoms with Crippen LogP contribution in [0.25, 0.3) is 5.82 Å². The van der Waals surface area contributed by atoms with Crippen LogP contribution < -0.4 is 0 Å². The lowest BCUT2D eigenvalue weighted by Gasteiger charge is -2.10. The quantitative estimate of drug-likeness (QED) is 0.898. The molecule has 2 aromatic rings. The summed E-state index contributed by atoms with van der Waals surface area (Å²) in [4.78, 5) is 14.3. The molecule has 0 aliphatic carbocycles. The molecule has 2 aromatic heterocycles. The highest BCUT2D eigenvalue weighted by Gasteiger charge is 2.33. The lowest BCUT2D eigenvalue weighted by molar-refractivity contribution is -0.141. The molecule has 0 aromatic carbocycles. The lowest BCUT2D eigenvalue weighted by atomic mass is 10.2. The predicted octanol–water partition coefficient (Wildman–Crippen LogP) is 2.59. The number of hydrogen-bond acceptors (Lipinski definition) is 2. The van der Waals surface area contributed by atoms with E-state index in [1.165, 1.54) is 17.0 Å². The molecule has 0 aliphatic rings. The van der Waals surface area contributed by atoms with Gasteiger partial charge in [-0.2, -0.15) is 13.2 Å². The summed E-state index contributed by atoms with van der Waals surface area (Å²) in [6, 6.07) is 4.67. The van der Waals surface area contributed by atoms with Crippen LogP contribution in [0.5, 0.6) is 0 Å². The summed E-state index contributed by atoms with van der Waals surface area (Å²) in [7, 11) is 0. The number of hydrogen-bond donors (Lipinski definition) is 1. The summed E-state index contributed by atoms with van der Waals surface area (Å²) in [5, 5.41) is 8.92. The second-order valence-electron chi connectivity index (χ2n) is 3.46. The fourth-order valence-electron chi connectivity index (χ4n) is 1.45. The highest BCUT2D eigenvalue weighted by molar-refractivity contribution is 5.91. The molecule has 0 saturated carbocycles. The topological polar surface area (TPSA) is 55.1 Å². The number of carboxylic acids is 1. The fraction of sp³-hybridized carbons (Fsp3) is 0.0909. The molecule has 0 aliphatic heterocycles. The van der Waals surface area contributed by atoms with Crippen LogP contribution in [0.2, 0.25) is 0 Å². The second-order valence-corrected chi connectivity index (χ2v) is 3.46. The SMILES string of the molecule is O=C(O)c1ccc(C(F)(F)F)nc1-n1cccc1. The van der Waals surface area contributed by atoms with Gasteiger partial charge in [-0.15, -0.1) is 0 Å². The largest absolute Gasteiger partial charge is 0.478 e. The number of nitrogens with zero attached hydrogens (tertiary/aromatic N) is 2. The summed E-state index contributed by atoms with van der Waals surface area (Å²) in [6.45, 7) is 0. The molecule has 0 fully saturated rings. The van der Waals surface area contributed by atoms with E-state index in [-0.39, 0.29) is 11.4 Å². The van der Waals surface area contributed by atoms with E-state index >= 15 is 0 Å². The summed E-state index contributed by atoms with van der Waals surface area (Å²) in [6.07, 6.45) is -1.76. The Morgan fingerprint density at radius 3 is 2.33 bits per heavy atom. The number of pyridine rings is 1. The Kier molecular flexibility index (Phi) is 2.82. The Labute approximate surface area is 99.3 Å². The number of rotatable bonds is 2. The Morgan fingerprint density at radius 2 is 1.83 bits per heavy atom. The number of carboxylic acid groups (broad SMARTS) is 1. The highest BCUT2D eigenvalue weighted by Crippen LogP contribution is 2.29. The monoisotopic (exact) mass is 256 g/mol. The van der Waals surface area contributed by atoms with E-state index in [4.69, 9.17) is 5.11 Å². The minimum atomic E-state index is -4.61. The minimum absolute atomic E-state index is 0.262. The van der Waals surface area contributed by atoms with Gasteiger partial charge in [-0.25, -0.2) is 9.78 Å². The van der Waals surface area contributed by atoms with Crippen molar-refractivity contribution in [3.63, 3.8) is 0 Å².